The summed E-state index contributed by atoms with van der Waals surface area (Å²) in [7, 11) is 0. The summed E-state index contributed by atoms with van der Waals surface area (Å²) in [6, 6.07) is 6.35. The van der Waals surface area contributed by atoms with Gasteiger partial charge >= 0.3 is 0 Å². The van der Waals surface area contributed by atoms with Crippen molar-refractivity contribution in [3.8, 4) is 0 Å². The molecular weight excluding hydrogens is 310 g/mol. The molecule has 1 atom stereocenters. The van der Waals surface area contributed by atoms with E-state index in [1.165, 1.54) is 33.7 Å². The van der Waals surface area contributed by atoms with Crippen molar-refractivity contribution >= 4 is 11.8 Å². The first-order valence-electron chi connectivity index (χ1n) is 9.73. The van der Waals surface area contributed by atoms with Crippen molar-refractivity contribution in [3.63, 3.8) is 0 Å². The zero-order valence-electron chi connectivity index (χ0n) is 15.7. The summed E-state index contributed by atoms with van der Waals surface area (Å²) in [5, 5.41) is 0. The van der Waals surface area contributed by atoms with E-state index in [0.717, 1.165) is 44.9 Å². The van der Waals surface area contributed by atoms with Gasteiger partial charge < -0.3 is 0 Å². The van der Waals surface area contributed by atoms with Crippen LogP contribution in [0.3, 0.4) is 0 Å². The third kappa shape index (κ3) is 2.94. The Kier molecular flexibility index (Phi) is 5.12. The zero-order chi connectivity index (χ0) is 18.0. The first-order valence-corrected chi connectivity index (χ1v) is 9.73. The van der Waals surface area contributed by atoms with Gasteiger partial charge in [0.2, 0.25) is 0 Å². The van der Waals surface area contributed by atoms with Crippen LogP contribution < -0.4 is 0 Å². The molecular formula is C22H29NO2. The molecule has 1 heterocycles. The van der Waals surface area contributed by atoms with Gasteiger partial charge in [0, 0.05) is 12.2 Å². The second-order valence-electron chi connectivity index (χ2n) is 7.56. The fourth-order valence-electron chi connectivity index (χ4n) is 5.06. The predicted molar refractivity (Wildman–Crippen MR) is 100 cm³/mol. The number of benzene rings is 1. The van der Waals surface area contributed by atoms with E-state index in [9.17, 15) is 9.59 Å². The molecule has 0 bridgehead atoms. The van der Waals surface area contributed by atoms with Gasteiger partial charge in [-0.25, -0.2) is 0 Å². The molecule has 3 nitrogen and oxygen atoms in total. The van der Waals surface area contributed by atoms with Crippen LogP contribution in [0.4, 0.5) is 0 Å². The Labute approximate surface area is 151 Å². The molecule has 0 unspecified atom stereocenters. The molecule has 0 N–H and O–H groups in total. The van der Waals surface area contributed by atoms with Gasteiger partial charge in [-0.2, -0.15) is 0 Å². The van der Waals surface area contributed by atoms with E-state index in [0.29, 0.717) is 0 Å². The van der Waals surface area contributed by atoms with Crippen molar-refractivity contribution in [2.24, 2.45) is 5.41 Å². The van der Waals surface area contributed by atoms with Gasteiger partial charge in [0.25, 0.3) is 11.8 Å². The molecule has 0 aromatic heterocycles. The standard InChI is InChI=1S/C22H29NO2/c1-4-8-16-9-7-10-17-18(16)15-22(13-5-2,14-6-3)21(17)23-19(24)11-12-20(23)25/h7,9-12,21H,4-6,8,13-15H2,1-3H3/t21-/m1/s1. The van der Waals surface area contributed by atoms with Crippen LogP contribution in [0, 0.1) is 5.41 Å². The molecule has 1 aromatic carbocycles. The molecule has 3 heteroatoms. The van der Waals surface area contributed by atoms with Crippen molar-refractivity contribution in [1.82, 2.24) is 4.90 Å². The third-order valence-electron chi connectivity index (χ3n) is 5.83. The quantitative estimate of drug-likeness (QED) is 0.672. The zero-order valence-corrected chi connectivity index (χ0v) is 15.7. The van der Waals surface area contributed by atoms with Crippen LogP contribution in [0.5, 0.6) is 0 Å². The van der Waals surface area contributed by atoms with Gasteiger partial charge in [0.05, 0.1) is 6.04 Å². The highest BCUT2D eigenvalue weighted by atomic mass is 16.2. The minimum absolute atomic E-state index is 0.0208. The van der Waals surface area contributed by atoms with Crippen LogP contribution in [0.1, 0.15) is 75.6 Å². The fraction of sp³-hybridized carbons (Fsp3) is 0.545. The van der Waals surface area contributed by atoms with Crippen LogP contribution in [0.25, 0.3) is 0 Å². The van der Waals surface area contributed by atoms with Gasteiger partial charge in [-0.3, -0.25) is 14.5 Å². The van der Waals surface area contributed by atoms with Gasteiger partial charge in [-0.1, -0.05) is 58.2 Å². The summed E-state index contributed by atoms with van der Waals surface area (Å²) in [4.78, 5) is 26.5. The number of hydrogen-bond donors (Lipinski definition) is 0. The summed E-state index contributed by atoms with van der Waals surface area (Å²) in [5.41, 5.74) is 3.97. The molecule has 2 aliphatic rings. The average molecular weight is 339 g/mol. The lowest BCUT2D eigenvalue weighted by atomic mass is 9.72. The Morgan fingerprint density at radius 3 is 2.20 bits per heavy atom. The fourth-order valence-corrected chi connectivity index (χ4v) is 5.06. The number of nitrogens with zero attached hydrogens (tertiary/aromatic N) is 1. The SMILES string of the molecule is CCCc1cccc2c1CC(CCC)(CCC)[C@@H]2N1C(=O)C=CC1=O. The smallest absolute Gasteiger partial charge is 0.254 e. The van der Waals surface area contributed by atoms with Crippen LogP contribution >= 0.6 is 0 Å². The molecule has 0 spiro atoms. The molecule has 25 heavy (non-hydrogen) atoms. The van der Waals surface area contributed by atoms with E-state index in [2.05, 4.69) is 39.0 Å². The summed E-state index contributed by atoms with van der Waals surface area (Å²) >= 11 is 0. The van der Waals surface area contributed by atoms with Crippen molar-refractivity contribution in [3.05, 3.63) is 47.0 Å². The lowest BCUT2D eigenvalue weighted by Gasteiger charge is -2.40. The summed E-state index contributed by atoms with van der Waals surface area (Å²) < 4.78 is 0. The maximum Gasteiger partial charge on any atom is 0.254 e. The lowest BCUT2D eigenvalue weighted by molar-refractivity contribution is -0.143. The van der Waals surface area contributed by atoms with Crippen LogP contribution in [0.15, 0.2) is 30.4 Å². The monoisotopic (exact) mass is 339 g/mol. The largest absolute Gasteiger partial charge is 0.269 e. The molecule has 0 fully saturated rings. The normalized spacial score (nSPS) is 21.2. The number of carbonyl (C=O) groups excluding carboxylic acids is 2. The summed E-state index contributed by atoms with van der Waals surface area (Å²) in [5.74, 6) is -0.305. The molecule has 2 amide bonds. The van der Waals surface area contributed by atoms with E-state index >= 15 is 0 Å². The van der Waals surface area contributed by atoms with Gasteiger partial charge in [-0.05, 0) is 47.8 Å². The topological polar surface area (TPSA) is 37.4 Å². The van der Waals surface area contributed by atoms with Crippen molar-refractivity contribution < 1.29 is 9.59 Å². The van der Waals surface area contributed by atoms with Crippen molar-refractivity contribution in [1.29, 1.82) is 0 Å². The Hall–Kier alpha value is -1.90. The van der Waals surface area contributed by atoms with E-state index in [-0.39, 0.29) is 23.3 Å². The van der Waals surface area contributed by atoms with Crippen LogP contribution in [-0.4, -0.2) is 16.7 Å². The number of amides is 2. The highest BCUT2D eigenvalue weighted by Gasteiger charge is 2.51. The van der Waals surface area contributed by atoms with Gasteiger partial charge in [-0.15, -0.1) is 0 Å². The van der Waals surface area contributed by atoms with E-state index in [1.54, 1.807) is 0 Å². The van der Waals surface area contributed by atoms with E-state index < -0.39 is 0 Å². The maximum absolute atomic E-state index is 12.5. The minimum Gasteiger partial charge on any atom is -0.269 e. The first kappa shape index (κ1) is 17.9. The molecule has 0 saturated carbocycles. The second kappa shape index (κ2) is 7.15. The molecule has 1 aromatic rings. The van der Waals surface area contributed by atoms with Crippen LogP contribution in [-0.2, 0) is 22.4 Å². The van der Waals surface area contributed by atoms with E-state index in [1.807, 2.05) is 0 Å². The van der Waals surface area contributed by atoms with Crippen molar-refractivity contribution in [2.75, 3.05) is 0 Å². The average Bonchev–Trinajstić information content (AvgIpc) is 3.06. The third-order valence-corrected chi connectivity index (χ3v) is 5.83. The number of imide groups is 1. The molecule has 3 rings (SSSR count). The second-order valence-corrected chi connectivity index (χ2v) is 7.56. The Morgan fingerprint density at radius 1 is 1.00 bits per heavy atom. The number of carbonyl (C=O) groups is 2. The Balaban J connectivity index is 2.14. The summed E-state index contributed by atoms with van der Waals surface area (Å²) in [6.07, 6.45) is 10.2. The number of rotatable bonds is 7. The van der Waals surface area contributed by atoms with Crippen LogP contribution in [0.2, 0.25) is 0 Å². The predicted octanol–water partition coefficient (Wildman–Crippen LogP) is 4.75. The number of fused-ring (bicyclic) bond motifs is 1. The van der Waals surface area contributed by atoms with Gasteiger partial charge in [0.1, 0.15) is 0 Å². The number of aryl methyl sites for hydroxylation is 1. The summed E-state index contributed by atoms with van der Waals surface area (Å²) in [6.45, 7) is 6.61. The van der Waals surface area contributed by atoms with Crippen molar-refractivity contribution in [2.45, 2.75) is 71.8 Å². The minimum atomic E-state index is -0.152. The maximum atomic E-state index is 12.5. The first-order chi connectivity index (χ1) is 12.1. The van der Waals surface area contributed by atoms with Gasteiger partial charge in [0.15, 0.2) is 0 Å². The lowest BCUT2D eigenvalue weighted by Crippen LogP contribution is -2.42. The Bertz CT molecular complexity index is 680. The molecule has 0 radical (unpaired) electrons. The molecule has 1 aliphatic heterocycles. The molecule has 134 valence electrons. The van der Waals surface area contributed by atoms with E-state index in [4.69, 9.17) is 0 Å². The Morgan fingerprint density at radius 2 is 1.64 bits per heavy atom. The molecule has 0 saturated heterocycles. The highest BCUT2D eigenvalue weighted by Crippen LogP contribution is 2.55. The number of hydrogen-bond acceptors (Lipinski definition) is 2. The molecule has 1 aliphatic carbocycles. The highest BCUT2D eigenvalue weighted by molar-refractivity contribution is 6.13.